The lowest BCUT2D eigenvalue weighted by Gasteiger charge is -2.30. The summed E-state index contributed by atoms with van der Waals surface area (Å²) in [6.45, 7) is 1.30. The number of hydrogen-bond acceptors (Lipinski definition) is 6. The van der Waals surface area contributed by atoms with Crippen LogP contribution in [0, 0.1) is 18.8 Å². The second kappa shape index (κ2) is 11.7. The first-order valence-corrected chi connectivity index (χ1v) is 13.6. The maximum absolute atomic E-state index is 13.7. The van der Waals surface area contributed by atoms with E-state index in [2.05, 4.69) is 0 Å². The van der Waals surface area contributed by atoms with Gasteiger partial charge in [0.1, 0.15) is 12.3 Å². The van der Waals surface area contributed by atoms with Crippen LogP contribution in [0.1, 0.15) is 49.5 Å². The summed E-state index contributed by atoms with van der Waals surface area (Å²) in [7, 11) is 0. The molecule has 3 amide bonds. The number of ether oxygens (including phenoxy) is 1. The fraction of sp³-hybridized carbons (Fsp3) is 0.194. The molecule has 1 aliphatic heterocycles. The van der Waals surface area contributed by atoms with Crippen LogP contribution in [0.15, 0.2) is 78.9 Å². The molecule has 1 aliphatic carbocycles. The molecule has 1 fully saturated rings. The quantitative estimate of drug-likeness (QED) is 0.115. The average molecular weight is 591 g/mol. The molecule has 2 atom stereocenters. The third-order valence-electron chi connectivity index (χ3n) is 7.09. The summed E-state index contributed by atoms with van der Waals surface area (Å²) in [5, 5.41) is 1.94. The van der Waals surface area contributed by atoms with Gasteiger partial charge in [0.15, 0.2) is 5.78 Å². The first-order valence-electron chi connectivity index (χ1n) is 12.9. The molecule has 3 aromatic rings. The van der Waals surface area contributed by atoms with Crippen molar-refractivity contribution < 1.29 is 28.7 Å². The zero-order chi connectivity index (χ0) is 29.3. The van der Waals surface area contributed by atoms with E-state index in [1.54, 1.807) is 24.3 Å². The van der Waals surface area contributed by atoms with Gasteiger partial charge < -0.3 is 4.74 Å². The van der Waals surface area contributed by atoms with Crippen LogP contribution in [0.2, 0.25) is 10.0 Å². The standard InChI is InChI=1S/C31H24Cl2N2O6/c1-18-6-8-20(9-7-18)31(40)41-22-13-10-19(11-14-22)27(36)17-34(28(37)25-15-12-21(32)16-26(25)33)35-29(38)23-4-2-3-5-24(23)30(35)39/h2-3,6-16,23-24H,4-5,17H2,1H3/t23-,24-/m1/s1. The van der Waals surface area contributed by atoms with E-state index in [0.717, 1.165) is 15.6 Å². The molecule has 0 radical (unpaired) electrons. The molecule has 41 heavy (non-hydrogen) atoms. The van der Waals surface area contributed by atoms with Gasteiger partial charge in [0.2, 0.25) is 0 Å². The summed E-state index contributed by atoms with van der Waals surface area (Å²) in [6.07, 6.45) is 4.39. The van der Waals surface area contributed by atoms with E-state index in [-0.39, 0.29) is 21.9 Å². The van der Waals surface area contributed by atoms with Gasteiger partial charge in [-0.05, 0) is 74.4 Å². The van der Waals surface area contributed by atoms with Crippen molar-refractivity contribution >= 4 is 52.7 Å². The van der Waals surface area contributed by atoms with Crippen LogP contribution >= 0.6 is 23.2 Å². The number of esters is 1. The fourth-order valence-electron chi connectivity index (χ4n) is 4.85. The summed E-state index contributed by atoms with van der Waals surface area (Å²) >= 11 is 12.3. The lowest BCUT2D eigenvalue weighted by atomic mass is 9.85. The molecule has 1 heterocycles. The Morgan fingerprint density at radius 1 is 0.854 bits per heavy atom. The Bertz CT molecular complexity index is 1560. The summed E-state index contributed by atoms with van der Waals surface area (Å²) in [6, 6.07) is 16.9. The van der Waals surface area contributed by atoms with Gasteiger partial charge >= 0.3 is 5.97 Å². The van der Waals surface area contributed by atoms with Gasteiger partial charge in [-0.1, -0.05) is 53.1 Å². The zero-order valence-electron chi connectivity index (χ0n) is 21.9. The minimum atomic E-state index is -0.794. The van der Waals surface area contributed by atoms with E-state index in [4.69, 9.17) is 27.9 Å². The van der Waals surface area contributed by atoms with Crippen molar-refractivity contribution in [3.05, 3.63) is 111 Å². The molecule has 0 N–H and O–H groups in total. The molecular weight excluding hydrogens is 567 g/mol. The van der Waals surface area contributed by atoms with Gasteiger partial charge in [-0.15, -0.1) is 0 Å². The smallest absolute Gasteiger partial charge is 0.343 e. The number of Topliss-reactive ketones (excluding diaryl/α,β-unsaturated/α-hetero) is 1. The molecule has 0 spiro atoms. The molecule has 3 aromatic carbocycles. The summed E-state index contributed by atoms with van der Waals surface area (Å²) in [5.41, 5.74) is 1.54. The van der Waals surface area contributed by atoms with Gasteiger partial charge in [-0.25, -0.2) is 9.80 Å². The molecule has 0 bridgehead atoms. The van der Waals surface area contributed by atoms with E-state index in [9.17, 15) is 24.0 Å². The Balaban J connectivity index is 1.38. The SMILES string of the molecule is Cc1ccc(C(=O)Oc2ccc(C(=O)CN(C(=O)c3ccc(Cl)cc3Cl)N3C(=O)[C@@H]4CC=CC[C@H]4C3=O)cc2)cc1. The highest BCUT2D eigenvalue weighted by Crippen LogP contribution is 2.36. The van der Waals surface area contributed by atoms with Crippen LogP contribution in [0.4, 0.5) is 0 Å². The molecule has 8 nitrogen and oxygen atoms in total. The number of allylic oxidation sites excluding steroid dienone is 2. The first-order chi connectivity index (χ1) is 19.6. The topological polar surface area (TPSA) is 101 Å². The van der Waals surface area contributed by atoms with Crippen molar-refractivity contribution in [3.63, 3.8) is 0 Å². The highest BCUT2D eigenvalue weighted by molar-refractivity contribution is 6.36. The monoisotopic (exact) mass is 590 g/mol. The van der Waals surface area contributed by atoms with Gasteiger partial charge in [0.25, 0.3) is 17.7 Å². The van der Waals surface area contributed by atoms with Crippen LogP contribution < -0.4 is 4.74 Å². The summed E-state index contributed by atoms with van der Waals surface area (Å²) in [4.78, 5) is 66.2. The molecular formula is C31H24Cl2N2O6. The molecule has 0 saturated carbocycles. The molecule has 0 unspecified atom stereocenters. The molecule has 2 aliphatic rings. The molecule has 208 valence electrons. The minimum Gasteiger partial charge on any atom is -0.423 e. The predicted molar refractivity (Wildman–Crippen MR) is 152 cm³/mol. The number of benzene rings is 3. The van der Waals surface area contributed by atoms with E-state index < -0.39 is 47.9 Å². The number of halogens is 2. The van der Waals surface area contributed by atoms with Crippen molar-refractivity contribution in [3.8, 4) is 5.75 Å². The van der Waals surface area contributed by atoms with Crippen LogP contribution in [-0.4, -0.2) is 46.0 Å². The third kappa shape index (κ3) is 5.80. The Hall–Kier alpha value is -4.27. The van der Waals surface area contributed by atoms with Gasteiger partial charge in [-0.2, -0.15) is 5.01 Å². The van der Waals surface area contributed by atoms with Crippen LogP contribution in [0.5, 0.6) is 5.75 Å². The number of amides is 3. The van der Waals surface area contributed by atoms with E-state index in [1.165, 1.54) is 42.5 Å². The maximum Gasteiger partial charge on any atom is 0.343 e. The number of fused-ring (bicyclic) bond motifs is 1. The Labute approximate surface area is 246 Å². The van der Waals surface area contributed by atoms with Crippen LogP contribution in [0.3, 0.4) is 0 Å². The number of nitrogens with zero attached hydrogens (tertiary/aromatic N) is 2. The highest BCUT2D eigenvalue weighted by Gasteiger charge is 2.51. The number of aryl methyl sites for hydroxylation is 1. The first kappa shape index (κ1) is 28.3. The third-order valence-corrected chi connectivity index (χ3v) is 7.64. The van der Waals surface area contributed by atoms with Gasteiger partial charge in [-0.3, -0.25) is 19.2 Å². The Morgan fingerprint density at radius 3 is 2.02 bits per heavy atom. The number of hydrazine groups is 1. The largest absolute Gasteiger partial charge is 0.423 e. The van der Waals surface area contributed by atoms with Crippen molar-refractivity contribution in [2.24, 2.45) is 11.8 Å². The molecule has 1 saturated heterocycles. The Kier molecular flexibility index (Phi) is 8.06. The van der Waals surface area contributed by atoms with E-state index in [1.807, 2.05) is 19.1 Å². The highest BCUT2D eigenvalue weighted by atomic mass is 35.5. The maximum atomic E-state index is 13.7. The van der Waals surface area contributed by atoms with Crippen molar-refractivity contribution in [1.29, 1.82) is 0 Å². The second-order valence-electron chi connectivity index (χ2n) is 9.83. The van der Waals surface area contributed by atoms with Crippen LogP contribution in [-0.2, 0) is 9.59 Å². The van der Waals surface area contributed by atoms with Crippen molar-refractivity contribution in [2.45, 2.75) is 19.8 Å². The molecule has 0 aromatic heterocycles. The number of ketones is 1. The number of carbonyl (C=O) groups excluding carboxylic acids is 5. The zero-order valence-corrected chi connectivity index (χ0v) is 23.4. The summed E-state index contributed by atoms with van der Waals surface area (Å²) in [5.74, 6) is -3.99. The normalized spacial score (nSPS) is 17.8. The minimum absolute atomic E-state index is 0.0119. The number of hydrogen-bond donors (Lipinski definition) is 0. The lowest BCUT2D eigenvalue weighted by Crippen LogP contribution is -2.52. The molecule has 5 rings (SSSR count). The number of rotatable bonds is 7. The Morgan fingerprint density at radius 2 is 1.44 bits per heavy atom. The van der Waals surface area contributed by atoms with Crippen molar-refractivity contribution in [2.75, 3.05) is 6.54 Å². The number of imide groups is 1. The fourth-order valence-corrected chi connectivity index (χ4v) is 5.34. The van der Waals surface area contributed by atoms with Gasteiger partial charge in [0.05, 0.1) is 28.0 Å². The van der Waals surface area contributed by atoms with Crippen LogP contribution in [0.25, 0.3) is 0 Å². The second-order valence-corrected chi connectivity index (χ2v) is 10.7. The molecule has 10 heteroatoms. The summed E-state index contributed by atoms with van der Waals surface area (Å²) < 4.78 is 5.39. The van der Waals surface area contributed by atoms with Crippen molar-refractivity contribution in [1.82, 2.24) is 10.0 Å². The predicted octanol–water partition coefficient (Wildman–Crippen LogP) is 5.71. The van der Waals surface area contributed by atoms with E-state index >= 15 is 0 Å². The van der Waals surface area contributed by atoms with E-state index in [0.29, 0.717) is 23.4 Å². The van der Waals surface area contributed by atoms with Gasteiger partial charge in [0, 0.05) is 10.6 Å². The average Bonchev–Trinajstić information content (AvgIpc) is 3.21. The number of carbonyl (C=O) groups is 5. The lowest BCUT2D eigenvalue weighted by molar-refractivity contribution is -0.154.